The zero-order valence-electron chi connectivity index (χ0n) is 6.11. The summed E-state index contributed by atoms with van der Waals surface area (Å²) in [6.45, 7) is 1.98. The molecule has 0 aliphatic carbocycles. The van der Waals surface area contributed by atoms with Crippen LogP contribution in [0.1, 0.15) is 17.5 Å². The second kappa shape index (κ2) is 3.29. The molecule has 0 spiro atoms. The van der Waals surface area contributed by atoms with E-state index in [9.17, 15) is 0 Å². The van der Waals surface area contributed by atoms with Crippen LogP contribution in [0.5, 0.6) is 0 Å². The number of hydrogen-bond donors (Lipinski definition) is 2. The summed E-state index contributed by atoms with van der Waals surface area (Å²) in [7, 11) is 0. The van der Waals surface area contributed by atoms with Gasteiger partial charge in [-0.3, -0.25) is 0 Å². The molecule has 60 valence electrons. The first-order chi connectivity index (χ1) is 5.29. The molecule has 1 heterocycles. The van der Waals surface area contributed by atoms with Crippen molar-refractivity contribution in [1.82, 2.24) is 9.59 Å². The van der Waals surface area contributed by atoms with E-state index in [-0.39, 0.29) is 0 Å². The number of nitrogens with zero attached hydrogens (tertiary/aromatic N) is 3. The Morgan fingerprint density at radius 2 is 2.45 bits per heavy atom. The second-order valence-electron chi connectivity index (χ2n) is 1.92. The third-order valence-electron chi connectivity index (χ3n) is 1.26. The monoisotopic (exact) mass is 171 g/mol. The maximum absolute atomic E-state index is 5.47. The topological polar surface area (TPSA) is 90.2 Å². The Morgan fingerprint density at radius 1 is 1.73 bits per heavy atom. The molecule has 1 rings (SSSR count). The van der Waals surface area contributed by atoms with Gasteiger partial charge in [0.2, 0.25) is 0 Å². The Kier molecular flexibility index (Phi) is 2.37. The summed E-state index contributed by atoms with van der Waals surface area (Å²) in [4.78, 5) is 0.773. The summed E-state index contributed by atoms with van der Waals surface area (Å²) in [5.41, 5.74) is 6.32. The number of aromatic nitrogens is 2. The van der Waals surface area contributed by atoms with Crippen LogP contribution >= 0.6 is 11.5 Å². The van der Waals surface area contributed by atoms with E-state index in [1.165, 1.54) is 11.5 Å². The summed E-state index contributed by atoms with van der Waals surface area (Å²) in [6.07, 6.45) is 0.794. The van der Waals surface area contributed by atoms with E-state index >= 15 is 0 Å². The quantitative estimate of drug-likeness (QED) is 0.276. The Balaban J connectivity index is 3.02. The Hall–Kier alpha value is -1.17. The zero-order valence-corrected chi connectivity index (χ0v) is 6.93. The first-order valence-corrected chi connectivity index (χ1v) is 3.91. The fourth-order valence-corrected chi connectivity index (χ4v) is 1.35. The molecule has 0 radical (unpaired) electrons. The minimum atomic E-state index is 0.303. The molecular formula is C5H9N5S. The van der Waals surface area contributed by atoms with Gasteiger partial charge in [-0.1, -0.05) is 11.4 Å². The molecule has 0 fully saturated rings. The van der Waals surface area contributed by atoms with Crippen LogP contribution in [0.25, 0.3) is 0 Å². The first kappa shape index (κ1) is 7.93. The third kappa shape index (κ3) is 1.45. The van der Waals surface area contributed by atoms with Crippen LogP contribution in [0, 0.1) is 0 Å². The predicted molar refractivity (Wildman–Crippen MR) is 44.2 cm³/mol. The Labute approximate surface area is 68.3 Å². The number of aryl methyl sites for hydroxylation is 1. The summed E-state index contributed by atoms with van der Waals surface area (Å²) in [5.74, 6) is 5.30. The van der Waals surface area contributed by atoms with Gasteiger partial charge in [0.1, 0.15) is 4.88 Å². The summed E-state index contributed by atoms with van der Waals surface area (Å²) in [6, 6.07) is 0. The van der Waals surface area contributed by atoms with Crippen molar-refractivity contribution >= 4 is 17.4 Å². The minimum Gasteiger partial charge on any atom is -0.381 e. The first-order valence-electron chi connectivity index (χ1n) is 3.14. The maximum atomic E-state index is 5.47. The van der Waals surface area contributed by atoms with Gasteiger partial charge in [-0.05, 0) is 18.0 Å². The van der Waals surface area contributed by atoms with Crippen molar-refractivity contribution in [2.24, 2.45) is 16.7 Å². The average Bonchev–Trinajstić information content (AvgIpc) is 2.50. The highest BCUT2D eigenvalue weighted by Crippen LogP contribution is 2.09. The van der Waals surface area contributed by atoms with Crippen molar-refractivity contribution in [3.63, 3.8) is 0 Å². The van der Waals surface area contributed by atoms with E-state index in [4.69, 9.17) is 11.6 Å². The normalized spacial score (nSPS) is 11.9. The van der Waals surface area contributed by atoms with E-state index in [0.29, 0.717) is 5.84 Å². The molecule has 0 aromatic carbocycles. The minimum absolute atomic E-state index is 0.303. The number of hydrogen-bond acceptors (Lipinski definition) is 5. The molecule has 0 unspecified atom stereocenters. The van der Waals surface area contributed by atoms with Gasteiger partial charge in [-0.25, -0.2) is 0 Å². The van der Waals surface area contributed by atoms with Crippen LogP contribution in [0.15, 0.2) is 5.10 Å². The fraction of sp³-hybridized carbons (Fsp3) is 0.400. The smallest absolute Gasteiger partial charge is 0.163 e. The second-order valence-corrected chi connectivity index (χ2v) is 2.67. The molecule has 1 aromatic heterocycles. The molecule has 5 nitrogen and oxygen atoms in total. The van der Waals surface area contributed by atoms with E-state index in [1.807, 2.05) is 6.92 Å². The van der Waals surface area contributed by atoms with Crippen molar-refractivity contribution in [2.45, 2.75) is 13.3 Å². The molecule has 1 aromatic rings. The SMILES string of the molecule is CCc1nnsc1C(N)=NN. The highest BCUT2D eigenvalue weighted by molar-refractivity contribution is 7.08. The lowest BCUT2D eigenvalue weighted by Gasteiger charge is -1.93. The van der Waals surface area contributed by atoms with Crippen LogP contribution < -0.4 is 11.6 Å². The van der Waals surface area contributed by atoms with Gasteiger partial charge in [0.15, 0.2) is 5.84 Å². The van der Waals surface area contributed by atoms with E-state index in [0.717, 1.165) is 17.0 Å². The van der Waals surface area contributed by atoms with Crippen LogP contribution in [-0.4, -0.2) is 15.4 Å². The van der Waals surface area contributed by atoms with E-state index in [2.05, 4.69) is 14.7 Å². The predicted octanol–water partition coefficient (Wildman–Crippen LogP) is -0.320. The molecule has 6 heteroatoms. The van der Waals surface area contributed by atoms with Crippen molar-refractivity contribution in [3.8, 4) is 0 Å². The van der Waals surface area contributed by atoms with Crippen molar-refractivity contribution < 1.29 is 0 Å². The molecule has 0 saturated heterocycles. The summed E-state index contributed by atoms with van der Waals surface area (Å²) in [5, 5.41) is 7.22. The highest BCUT2D eigenvalue weighted by Gasteiger charge is 2.08. The Morgan fingerprint density at radius 3 is 3.00 bits per heavy atom. The van der Waals surface area contributed by atoms with Crippen molar-refractivity contribution in [1.29, 1.82) is 0 Å². The Bertz CT molecular complexity index is 266. The van der Waals surface area contributed by atoms with Crippen LogP contribution in [0.3, 0.4) is 0 Å². The molecule has 11 heavy (non-hydrogen) atoms. The standard InChI is InChI=1S/C5H9N5S/c1-2-3-4(5(6)8-7)11-10-9-3/h2,7H2,1H3,(H2,6,8). The molecule has 0 aliphatic heterocycles. The zero-order chi connectivity index (χ0) is 8.27. The number of rotatable bonds is 2. The molecular weight excluding hydrogens is 162 g/mol. The van der Waals surface area contributed by atoms with E-state index in [1.54, 1.807) is 0 Å². The van der Waals surface area contributed by atoms with Gasteiger partial charge >= 0.3 is 0 Å². The van der Waals surface area contributed by atoms with Crippen LogP contribution in [0.2, 0.25) is 0 Å². The van der Waals surface area contributed by atoms with Gasteiger partial charge in [0.25, 0.3) is 0 Å². The largest absolute Gasteiger partial charge is 0.381 e. The summed E-state index contributed by atoms with van der Waals surface area (Å²) >= 11 is 1.21. The van der Waals surface area contributed by atoms with Crippen molar-refractivity contribution in [2.75, 3.05) is 0 Å². The van der Waals surface area contributed by atoms with E-state index < -0.39 is 0 Å². The van der Waals surface area contributed by atoms with Gasteiger partial charge < -0.3 is 11.6 Å². The maximum Gasteiger partial charge on any atom is 0.163 e. The molecule has 0 amide bonds. The number of hydrazone groups is 1. The highest BCUT2D eigenvalue weighted by atomic mass is 32.1. The lowest BCUT2D eigenvalue weighted by Crippen LogP contribution is -2.15. The average molecular weight is 171 g/mol. The van der Waals surface area contributed by atoms with Gasteiger partial charge in [0.05, 0.1) is 5.69 Å². The number of nitrogens with two attached hydrogens (primary N) is 2. The molecule has 0 bridgehead atoms. The van der Waals surface area contributed by atoms with Gasteiger partial charge in [0, 0.05) is 0 Å². The third-order valence-corrected chi connectivity index (χ3v) is 2.05. The van der Waals surface area contributed by atoms with Crippen molar-refractivity contribution in [3.05, 3.63) is 10.6 Å². The molecule has 4 N–H and O–H groups in total. The molecule has 0 aliphatic rings. The lowest BCUT2D eigenvalue weighted by atomic mass is 10.3. The van der Waals surface area contributed by atoms with Gasteiger partial charge in [-0.15, -0.1) is 5.10 Å². The molecule has 0 atom stereocenters. The molecule has 0 saturated carbocycles. The summed E-state index contributed by atoms with van der Waals surface area (Å²) < 4.78 is 3.74. The van der Waals surface area contributed by atoms with Crippen LogP contribution in [0.4, 0.5) is 0 Å². The van der Waals surface area contributed by atoms with Gasteiger partial charge in [-0.2, -0.15) is 5.10 Å². The fourth-order valence-electron chi connectivity index (χ4n) is 0.693. The number of amidine groups is 1. The lowest BCUT2D eigenvalue weighted by molar-refractivity contribution is 0.986. The van der Waals surface area contributed by atoms with Crippen LogP contribution in [-0.2, 0) is 6.42 Å².